The highest BCUT2D eigenvalue weighted by Gasteiger charge is 2.41. The van der Waals surface area contributed by atoms with Crippen LogP contribution in [0.3, 0.4) is 0 Å². The van der Waals surface area contributed by atoms with Gasteiger partial charge in [-0.1, -0.05) is 18.7 Å². The summed E-state index contributed by atoms with van der Waals surface area (Å²) in [7, 11) is 2.88. The lowest BCUT2D eigenvalue weighted by molar-refractivity contribution is -0.134. The number of benzene rings is 2. The molecule has 1 fully saturated rings. The summed E-state index contributed by atoms with van der Waals surface area (Å²) in [6, 6.07) is 13.2. The van der Waals surface area contributed by atoms with Crippen LogP contribution in [0.4, 0.5) is 17.6 Å². The second kappa shape index (κ2) is 12.5. The SMILES string of the molecule is C=C(N=COC)C1(NC(=O)c2cccc(-c3cc4c(C(=O)NC)c(-c5ccc(F)cc5)oc4nc3CCC(F)(F)F)c2)CCC1. The van der Waals surface area contributed by atoms with Crippen molar-refractivity contribution in [2.45, 2.75) is 43.8 Å². The van der Waals surface area contributed by atoms with Crippen molar-refractivity contribution in [3.63, 3.8) is 0 Å². The second-order valence-electron chi connectivity index (χ2n) is 10.7. The van der Waals surface area contributed by atoms with Crippen LogP contribution < -0.4 is 10.6 Å². The van der Waals surface area contributed by atoms with Crippen LogP contribution in [-0.2, 0) is 11.2 Å². The Morgan fingerprint density at radius 3 is 2.47 bits per heavy atom. The molecule has 0 spiro atoms. The molecule has 1 aliphatic carbocycles. The fraction of sp³-hybridized carbons (Fsp3) is 0.273. The van der Waals surface area contributed by atoms with Gasteiger partial charge in [0.2, 0.25) is 5.71 Å². The summed E-state index contributed by atoms with van der Waals surface area (Å²) in [5, 5.41) is 5.81. The zero-order valence-electron chi connectivity index (χ0n) is 24.6. The minimum Gasteiger partial charge on any atom is -0.486 e. The summed E-state index contributed by atoms with van der Waals surface area (Å²) >= 11 is 0. The molecule has 12 heteroatoms. The molecule has 45 heavy (non-hydrogen) atoms. The second-order valence-corrected chi connectivity index (χ2v) is 10.7. The smallest absolute Gasteiger partial charge is 0.389 e. The van der Waals surface area contributed by atoms with Crippen LogP contribution in [0, 0.1) is 5.82 Å². The molecule has 0 saturated heterocycles. The minimum absolute atomic E-state index is 0.0511. The first kappa shape index (κ1) is 31.4. The number of pyridine rings is 1. The lowest BCUT2D eigenvalue weighted by atomic mass is 9.74. The third kappa shape index (κ3) is 6.59. The maximum absolute atomic E-state index is 13.6. The fourth-order valence-electron chi connectivity index (χ4n) is 5.29. The zero-order valence-corrected chi connectivity index (χ0v) is 24.6. The molecule has 2 N–H and O–H groups in total. The summed E-state index contributed by atoms with van der Waals surface area (Å²) < 4.78 is 64.5. The average molecular weight is 623 g/mol. The lowest BCUT2D eigenvalue weighted by Gasteiger charge is -2.42. The minimum atomic E-state index is -4.46. The van der Waals surface area contributed by atoms with Crippen LogP contribution in [0.1, 0.15) is 52.1 Å². The first-order chi connectivity index (χ1) is 21.4. The number of aliphatic imine (C=N–C) groups is 1. The molecule has 5 rings (SSSR count). The van der Waals surface area contributed by atoms with E-state index in [-0.39, 0.29) is 33.7 Å². The van der Waals surface area contributed by atoms with E-state index in [1.165, 1.54) is 44.8 Å². The van der Waals surface area contributed by atoms with E-state index < -0.39 is 42.2 Å². The van der Waals surface area contributed by atoms with Crippen molar-refractivity contribution in [3.8, 4) is 22.5 Å². The molecule has 2 aromatic carbocycles. The number of aromatic nitrogens is 1. The van der Waals surface area contributed by atoms with Gasteiger partial charge in [-0.2, -0.15) is 13.2 Å². The number of aryl methyl sites for hydroxylation is 1. The number of hydrogen-bond acceptors (Lipinski definition) is 6. The molecule has 2 amide bonds. The van der Waals surface area contributed by atoms with E-state index in [0.717, 1.165) is 6.42 Å². The number of alkyl halides is 3. The molecule has 4 aromatic rings. The van der Waals surface area contributed by atoms with Crippen molar-refractivity contribution in [1.82, 2.24) is 15.6 Å². The maximum Gasteiger partial charge on any atom is 0.389 e. The summed E-state index contributed by atoms with van der Waals surface area (Å²) in [6.07, 6.45) is -2.71. The number of amides is 2. The quantitative estimate of drug-likeness (QED) is 0.113. The lowest BCUT2D eigenvalue weighted by Crippen LogP contribution is -2.54. The monoisotopic (exact) mass is 622 g/mol. The Balaban J connectivity index is 1.61. The van der Waals surface area contributed by atoms with Crippen LogP contribution >= 0.6 is 0 Å². The van der Waals surface area contributed by atoms with E-state index in [2.05, 4.69) is 27.2 Å². The van der Waals surface area contributed by atoms with Gasteiger partial charge in [-0.05, 0) is 73.7 Å². The van der Waals surface area contributed by atoms with Crippen molar-refractivity contribution < 1.29 is 36.3 Å². The highest BCUT2D eigenvalue weighted by Crippen LogP contribution is 2.40. The van der Waals surface area contributed by atoms with Gasteiger partial charge in [-0.15, -0.1) is 0 Å². The van der Waals surface area contributed by atoms with E-state index in [1.807, 2.05) is 0 Å². The van der Waals surface area contributed by atoms with Gasteiger partial charge < -0.3 is 19.8 Å². The molecule has 1 aliphatic rings. The summed E-state index contributed by atoms with van der Waals surface area (Å²) in [5.41, 5.74) is 1.17. The molecule has 234 valence electrons. The third-order valence-corrected chi connectivity index (χ3v) is 7.83. The molecular weight excluding hydrogens is 592 g/mol. The summed E-state index contributed by atoms with van der Waals surface area (Å²) in [4.78, 5) is 35.1. The molecule has 0 atom stereocenters. The highest BCUT2D eigenvalue weighted by atomic mass is 19.4. The molecular formula is C33H30F4N4O4. The first-order valence-electron chi connectivity index (χ1n) is 14.1. The van der Waals surface area contributed by atoms with Gasteiger partial charge in [0.25, 0.3) is 11.8 Å². The van der Waals surface area contributed by atoms with Gasteiger partial charge in [0, 0.05) is 30.2 Å². The normalized spacial score (nSPS) is 14.3. The molecule has 0 radical (unpaired) electrons. The Hall–Kier alpha value is -5.00. The van der Waals surface area contributed by atoms with Gasteiger partial charge in [0.15, 0.2) is 6.40 Å². The Labute approximate surface area is 256 Å². The van der Waals surface area contributed by atoms with Gasteiger partial charge >= 0.3 is 6.18 Å². The van der Waals surface area contributed by atoms with E-state index in [4.69, 9.17) is 9.15 Å². The Morgan fingerprint density at radius 2 is 1.84 bits per heavy atom. The highest BCUT2D eigenvalue weighted by molar-refractivity contribution is 6.11. The first-order valence-corrected chi connectivity index (χ1v) is 14.1. The van der Waals surface area contributed by atoms with Crippen LogP contribution in [-0.4, -0.2) is 49.1 Å². The number of hydrogen-bond donors (Lipinski definition) is 2. The molecule has 0 unspecified atom stereocenters. The molecule has 2 aromatic heterocycles. The van der Waals surface area contributed by atoms with Crippen LogP contribution in [0.2, 0.25) is 0 Å². The number of rotatable bonds is 10. The van der Waals surface area contributed by atoms with Crippen LogP contribution in [0.25, 0.3) is 33.6 Å². The van der Waals surface area contributed by atoms with Crippen molar-refractivity contribution >= 4 is 29.3 Å². The molecule has 0 aliphatic heterocycles. The van der Waals surface area contributed by atoms with E-state index in [1.54, 1.807) is 30.3 Å². The Bertz CT molecular complexity index is 1790. The predicted octanol–water partition coefficient (Wildman–Crippen LogP) is 7.00. The van der Waals surface area contributed by atoms with Gasteiger partial charge in [-0.3, -0.25) is 9.59 Å². The number of nitrogens with one attached hydrogen (secondary N) is 2. The number of furan rings is 1. The molecule has 1 saturated carbocycles. The fourth-order valence-corrected chi connectivity index (χ4v) is 5.29. The van der Waals surface area contributed by atoms with Gasteiger partial charge in [0.05, 0.1) is 35.0 Å². The molecule has 2 heterocycles. The van der Waals surface area contributed by atoms with Crippen molar-refractivity contribution in [3.05, 3.63) is 89.5 Å². The van der Waals surface area contributed by atoms with Crippen molar-refractivity contribution in [1.29, 1.82) is 0 Å². The van der Waals surface area contributed by atoms with Crippen LogP contribution in [0.5, 0.6) is 0 Å². The van der Waals surface area contributed by atoms with Crippen molar-refractivity contribution in [2.24, 2.45) is 4.99 Å². The number of nitrogens with zero attached hydrogens (tertiary/aromatic N) is 2. The number of halogens is 4. The van der Waals surface area contributed by atoms with Crippen LogP contribution in [0.15, 0.2) is 76.3 Å². The largest absolute Gasteiger partial charge is 0.486 e. The van der Waals surface area contributed by atoms with E-state index in [9.17, 15) is 27.2 Å². The number of carbonyl (C=O) groups is 2. The predicted molar refractivity (Wildman–Crippen MR) is 161 cm³/mol. The standard InChI is InChI=1S/C33H30F4N4O4/c1-19(39-18-44-3)32(13-5-14-32)41-29(42)22-7-4-6-21(16-22)24-17-25-27(30(43)38-2)28(20-8-10-23(34)11-9-20)45-31(25)40-26(24)12-15-33(35,36)37/h4,6-11,16-18H,1,5,12-15H2,2-3H3,(H,38,43)(H,41,42). The maximum atomic E-state index is 13.6. The topological polar surface area (TPSA) is 106 Å². The molecule has 8 nitrogen and oxygen atoms in total. The number of ether oxygens (including phenoxy) is 1. The summed E-state index contributed by atoms with van der Waals surface area (Å²) in [6.45, 7) is 3.98. The van der Waals surface area contributed by atoms with E-state index >= 15 is 0 Å². The Kier molecular flexibility index (Phi) is 8.76. The average Bonchev–Trinajstić information content (AvgIpc) is 3.38. The zero-order chi connectivity index (χ0) is 32.4. The third-order valence-electron chi connectivity index (χ3n) is 7.83. The summed E-state index contributed by atoms with van der Waals surface area (Å²) in [5.74, 6) is -1.35. The van der Waals surface area contributed by atoms with Gasteiger partial charge in [0.1, 0.15) is 11.6 Å². The molecule has 0 bridgehead atoms. The number of methoxy groups -OCH3 is 1. The number of carbonyl (C=O) groups excluding carboxylic acids is 2. The van der Waals surface area contributed by atoms with Crippen molar-refractivity contribution in [2.75, 3.05) is 14.2 Å². The van der Waals surface area contributed by atoms with E-state index in [0.29, 0.717) is 35.2 Å². The number of fused-ring (bicyclic) bond motifs is 1. The van der Waals surface area contributed by atoms with Gasteiger partial charge in [-0.25, -0.2) is 14.4 Å². The Morgan fingerprint density at radius 1 is 1.11 bits per heavy atom.